The van der Waals surface area contributed by atoms with Crippen molar-refractivity contribution < 1.29 is 0 Å². The highest BCUT2D eigenvalue weighted by Gasteiger charge is 2.03. The number of aryl methyl sites for hydroxylation is 2. The molecule has 0 fully saturated rings. The monoisotopic (exact) mass is 211 g/mol. The number of halogens is 1. The van der Waals surface area contributed by atoms with E-state index in [-0.39, 0.29) is 6.04 Å². The molecular weight excluding hydrogens is 194 g/mol. The van der Waals surface area contributed by atoms with Crippen LogP contribution in [-0.4, -0.2) is 6.04 Å². The summed E-state index contributed by atoms with van der Waals surface area (Å²) >= 11 is 6.10. The lowest BCUT2D eigenvalue weighted by Gasteiger charge is -2.09. The summed E-state index contributed by atoms with van der Waals surface area (Å²) in [5.41, 5.74) is 9.44. The normalized spacial score (nSPS) is 12.9. The molecule has 0 radical (unpaired) electrons. The fourth-order valence-electron chi connectivity index (χ4n) is 1.43. The Hall–Kier alpha value is -0.530. The fourth-order valence-corrected chi connectivity index (χ4v) is 1.72. The summed E-state index contributed by atoms with van der Waals surface area (Å²) in [5, 5.41) is 0.865. The van der Waals surface area contributed by atoms with Crippen LogP contribution in [0.15, 0.2) is 12.1 Å². The van der Waals surface area contributed by atoms with Crippen molar-refractivity contribution in [2.45, 2.75) is 39.7 Å². The molecule has 0 bridgehead atoms. The Labute approximate surface area is 91.3 Å². The summed E-state index contributed by atoms with van der Waals surface area (Å²) in [6, 6.07) is 4.51. The lowest BCUT2D eigenvalue weighted by atomic mass is 10.0. The zero-order chi connectivity index (χ0) is 10.7. The molecule has 1 rings (SSSR count). The Morgan fingerprint density at radius 2 is 2.00 bits per heavy atom. The molecule has 78 valence electrons. The van der Waals surface area contributed by atoms with Crippen LogP contribution >= 0.6 is 11.6 Å². The molecule has 0 saturated carbocycles. The third kappa shape index (κ3) is 3.00. The molecule has 0 spiro atoms. The smallest absolute Gasteiger partial charge is 0.0440 e. The van der Waals surface area contributed by atoms with Crippen LogP contribution in [0.2, 0.25) is 5.02 Å². The van der Waals surface area contributed by atoms with Crippen LogP contribution in [-0.2, 0) is 6.42 Å². The number of nitrogens with two attached hydrogens (primary N) is 1. The second kappa shape index (κ2) is 4.81. The average molecular weight is 212 g/mol. The molecule has 1 aromatic rings. The highest BCUT2D eigenvalue weighted by Crippen LogP contribution is 2.21. The maximum absolute atomic E-state index is 6.10. The molecule has 0 aliphatic rings. The molecule has 1 atom stereocenters. The van der Waals surface area contributed by atoms with Crippen LogP contribution in [0.3, 0.4) is 0 Å². The fraction of sp³-hybridized carbons (Fsp3) is 0.500. The van der Waals surface area contributed by atoms with Crippen molar-refractivity contribution in [3.63, 3.8) is 0 Å². The first-order valence-corrected chi connectivity index (χ1v) is 5.39. The average Bonchev–Trinajstić information content (AvgIpc) is 2.10. The van der Waals surface area contributed by atoms with Crippen LogP contribution in [0.1, 0.15) is 30.0 Å². The Morgan fingerprint density at radius 1 is 1.36 bits per heavy atom. The van der Waals surface area contributed by atoms with Gasteiger partial charge in [0.1, 0.15) is 0 Å². The highest BCUT2D eigenvalue weighted by atomic mass is 35.5. The zero-order valence-electron chi connectivity index (χ0n) is 9.10. The molecule has 1 unspecified atom stereocenters. The van der Waals surface area contributed by atoms with Crippen molar-refractivity contribution in [1.82, 2.24) is 0 Å². The predicted octanol–water partition coefficient (Wildman–Crippen LogP) is 3.24. The molecule has 1 nitrogen and oxygen atoms in total. The van der Waals surface area contributed by atoms with Gasteiger partial charge in [0.2, 0.25) is 0 Å². The summed E-state index contributed by atoms with van der Waals surface area (Å²) in [7, 11) is 0. The van der Waals surface area contributed by atoms with Gasteiger partial charge in [-0.25, -0.2) is 0 Å². The van der Waals surface area contributed by atoms with Gasteiger partial charge in [0.05, 0.1) is 0 Å². The SMILES string of the molecule is Cc1cc(CCC(C)N)cc(Cl)c1C. The molecular formula is C12H18ClN. The zero-order valence-corrected chi connectivity index (χ0v) is 9.86. The van der Waals surface area contributed by atoms with E-state index in [1.165, 1.54) is 16.7 Å². The quantitative estimate of drug-likeness (QED) is 0.816. The van der Waals surface area contributed by atoms with Crippen LogP contribution in [0, 0.1) is 13.8 Å². The van der Waals surface area contributed by atoms with Crippen LogP contribution in [0.25, 0.3) is 0 Å². The Kier molecular flexibility index (Phi) is 3.97. The number of rotatable bonds is 3. The first-order chi connectivity index (χ1) is 6.50. The van der Waals surface area contributed by atoms with Crippen molar-refractivity contribution >= 4 is 11.6 Å². The predicted molar refractivity (Wildman–Crippen MR) is 62.9 cm³/mol. The van der Waals surface area contributed by atoms with E-state index < -0.39 is 0 Å². The third-order valence-corrected chi connectivity index (χ3v) is 2.94. The van der Waals surface area contributed by atoms with Gasteiger partial charge in [-0.05, 0) is 56.4 Å². The van der Waals surface area contributed by atoms with Crippen molar-refractivity contribution in [3.8, 4) is 0 Å². The summed E-state index contributed by atoms with van der Waals surface area (Å²) in [6.45, 7) is 6.17. The summed E-state index contributed by atoms with van der Waals surface area (Å²) < 4.78 is 0. The minimum absolute atomic E-state index is 0.260. The Balaban J connectivity index is 2.79. The minimum Gasteiger partial charge on any atom is -0.328 e. The van der Waals surface area contributed by atoms with Crippen LogP contribution < -0.4 is 5.73 Å². The van der Waals surface area contributed by atoms with Gasteiger partial charge < -0.3 is 5.73 Å². The molecule has 2 N–H and O–H groups in total. The lowest BCUT2D eigenvalue weighted by Crippen LogP contribution is -2.15. The molecule has 0 aromatic heterocycles. The standard InChI is InChI=1S/C12H18ClN/c1-8-6-11(5-4-9(2)14)7-12(13)10(8)3/h6-7,9H,4-5,14H2,1-3H3. The van der Waals surface area contributed by atoms with E-state index in [2.05, 4.69) is 13.0 Å². The van der Waals surface area contributed by atoms with E-state index in [4.69, 9.17) is 17.3 Å². The van der Waals surface area contributed by atoms with Gasteiger partial charge in [0, 0.05) is 11.1 Å². The molecule has 2 heteroatoms. The Morgan fingerprint density at radius 3 is 2.50 bits per heavy atom. The molecule has 14 heavy (non-hydrogen) atoms. The maximum Gasteiger partial charge on any atom is 0.0440 e. The van der Waals surface area contributed by atoms with E-state index in [1.807, 2.05) is 19.9 Å². The van der Waals surface area contributed by atoms with Gasteiger partial charge in [-0.1, -0.05) is 17.7 Å². The van der Waals surface area contributed by atoms with E-state index in [1.54, 1.807) is 0 Å². The van der Waals surface area contributed by atoms with Gasteiger partial charge in [-0.3, -0.25) is 0 Å². The minimum atomic E-state index is 0.260. The Bertz CT molecular complexity index is 295. The lowest BCUT2D eigenvalue weighted by molar-refractivity contribution is 0.666. The number of benzene rings is 1. The van der Waals surface area contributed by atoms with E-state index in [0.717, 1.165) is 17.9 Å². The second-order valence-corrected chi connectivity index (χ2v) is 4.44. The van der Waals surface area contributed by atoms with E-state index in [0.29, 0.717) is 0 Å². The van der Waals surface area contributed by atoms with Gasteiger partial charge >= 0.3 is 0 Å². The van der Waals surface area contributed by atoms with Crippen LogP contribution in [0.4, 0.5) is 0 Å². The van der Waals surface area contributed by atoms with Gasteiger partial charge in [0.15, 0.2) is 0 Å². The molecule has 0 heterocycles. The number of hydrogen-bond donors (Lipinski definition) is 1. The topological polar surface area (TPSA) is 26.0 Å². The van der Waals surface area contributed by atoms with E-state index in [9.17, 15) is 0 Å². The van der Waals surface area contributed by atoms with Crippen molar-refractivity contribution in [2.75, 3.05) is 0 Å². The van der Waals surface area contributed by atoms with Crippen LogP contribution in [0.5, 0.6) is 0 Å². The maximum atomic E-state index is 6.10. The second-order valence-electron chi connectivity index (χ2n) is 4.04. The summed E-state index contributed by atoms with van der Waals surface area (Å²) in [4.78, 5) is 0. The van der Waals surface area contributed by atoms with Crippen molar-refractivity contribution in [1.29, 1.82) is 0 Å². The van der Waals surface area contributed by atoms with Gasteiger partial charge in [0.25, 0.3) is 0 Å². The van der Waals surface area contributed by atoms with Gasteiger partial charge in [-0.15, -0.1) is 0 Å². The van der Waals surface area contributed by atoms with Crippen molar-refractivity contribution in [2.24, 2.45) is 5.73 Å². The molecule has 0 saturated heterocycles. The molecule has 1 aromatic carbocycles. The summed E-state index contributed by atoms with van der Waals surface area (Å²) in [6.07, 6.45) is 2.03. The molecule has 0 amide bonds. The first-order valence-electron chi connectivity index (χ1n) is 5.02. The van der Waals surface area contributed by atoms with Gasteiger partial charge in [-0.2, -0.15) is 0 Å². The van der Waals surface area contributed by atoms with Crippen molar-refractivity contribution in [3.05, 3.63) is 33.8 Å². The first kappa shape index (κ1) is 11.5. The largest absolute Gasteiger partial charge is 0.328 e. The third-order valence-electron chi connectivity index (χ3n) is 2.55. The highest BCUT2D eigenvalue weighted by molar-refractivity contribution is 6.31. The molecule has 0 aliphatic carbocycles. The van der Waals surface area contributed by atoms with E-state index >= 15 is 0 Å². The molecule has 0 aliphatic heterocycles. The number of hydrogen-bond acceptors (Lipinski definition) is 1. The summed E-state index contributed by atoms with van der Waals surface area (Å²) in [5.74, 6) is 0.